The van der Waals surface area contributed by atoms with E-state index in [1.54, 1.807) is 25.3 Å². The summed E-state index contributed by atoms with van der Waals surface area (Å²) in [6.07, 6.45) is 0.881. The Morgan fingerprint density at radius 3 is 2.83 bits per heavy atom. The number of rotatable bonds is 3. The Labute approximate surface area is 112 Å². The van der Waals surface area contributed by atoms with Crippen LogP contribution in [0.3, 0.4) is 0 Å². The molecule has 0 saturated heterocycles. The molecule has 1 N–H and O–H groups in total. The van der Waals surface area contributed by atoms with Crippen LogP contribution < -0.4 is 4.74 Å². The molecule has 1 unspecified atom stereocenters. The van der Waals surface area contributed by atoms with Crippen LogP contribution in [0.4, 0.5) is 4.39 Å². The summed E-state index contributed by atoms with van der Waals surface area (Å²) in [5.41, 5.74) is 0.578. The maximum Gasteiger partial charge on any atom is 0.225 e. The van der Waals surface area contributed by atoms with Crippen molar-refractivity contribution in [3.05, 3.63) is 52.4 Å². The van der Waals surface area contributed by atoms with Crippen molar-refractivity contribution in [2.75, 3.05) is 0 Å². The summed E-state index contributed by atoms with van der Waals surface area (Å²) in [7, 11) is 0. The highest BCUT2D eigenvalue weighted by molar-refractivity contribution is 9.10. The van der Waals surface area contributed by atoms with Crippen LogP contribution in [-0.4, -0.2) is 10.1 Å². The molecule has 0 aliphatic heterocycles. The molecule has 94 valence electrons. The minimum absolute atomic E-state index is 0.305. The van der Waals surface area contributed by atoms with E-state index in [2.05, 4.69) is 20.9 Å². The van der Waals surface area contributed by atoms with Crippen LogP contribution in [0.15, 0.2) is 41.0 Å². The van der Waals surface area contributed by atoms with Gasteiger partial charge in [0.1, 0.15) is 11.6 Å². The first-order valence-electron chi connectivity index (χ1n) is 5.34. The second-order valence-electron chi connectivity index (χ2n) is 3.75. The fourth-order valence-corrected chi connectivity index (χ4v) is 1.90. The maximum atomic E-state index is 13.0. The van der Waals surface area contributed by atoms with E-state index in [1.165, 1.54) is 18.2 Å². The van der Waals surface area contributed by atoms with Gasteiger partial charge in [0.2, 0.25) is 5.88 Å². The second-order valence-corrected chi connectivity index (χ2v) is 4.60. The summed E-state index contributed by atoms with van der Waals surface area (Å²) in [5, 5.41) is 9.60. The zero-order valence-corrected chi connectivity index (χ0v) is 11.2. The zero-order valence-electron chi connectivity index (χ0n) is 9.60. The molecule has 0 fully saturated rings. The number of ether oxygens (including phenoxy) is 1. The molecular weight excluding hydrogens is 301 g/mol. The number of hydrogen-bond acceptors (Lipinski definition) is 3. The van der Waals surface area contributed by atoms with Gasteiger partial charge in [-0.05, 0) is 53.2 Å². The molecule has 0 radical (unpaired) electrons. The number of hydrogen-bond donors (Lipinski definition) is 1. The van der Waals surface area contributed by atoms with Gasteiger partial charge in [-0.1, -0.05) is 0 Å². The monoisotopic (exact) mass is 311 g/mol. The average Bonchev–Trinajstić information content (AvgIpc) is 2.33. The van der Waals surface area contributed by atoms with Gasteiger partial charge >= 0.3 is 0 Å². The Morgan fingerprint density at radius 2 is 2.17 bits per heavy atom. The molecule has 3 nitrogen and oxygen atoms in total. The van der Waals surface area contributed by atoms with E-state index in [9.17, 15) is 9.50 Å². The topological polar surface area (TPSA) is 42.4 Å². The van der Waals surface area contributed by atoms with Crippen LogP contribution in [0.5, 0.6) is 11.6 Å². The van der Waals surface area contributed by atoms with E-state index in [-0.39, 0.29) is 5.82 Å². The molecule has 1 aromatic heterocycles. The molecule has 0 amide bonds. The third-order valence-electron chi connectivity index (χ3n) is 2.35. The SMILES string of the molecule is CC(O)c1cccnc1Oc1ccc(F)cc1Br. The van der Waals surface area contributed by atoms with Gasteiger partial charge in [-0.15, -0.1) is 0 Å². The normalized spacial score (nSPS) is 12.2. The van der Waals surface area contributed by atoms with Gasteiger partial charge in [-0.2, -0.15) is 0 Å². The second kappa shape index (κ2) is 5.46. The fourth-order valence-electron chi connectivity index (χ4n) is 1.47. The summed E-state index contributed by atoms with van der Waals surface area (Å²) in [5.74, 6) is 0.391. The van der Waals surface area contributed by atoms with E-state index in [0.717, 1.165) is 0 Å². The number of aliphatic hydroxyl groups excluding tert-OH is 1. The third-order valence-corrected chi connectivity index (χ3v) is 2.97. The molecule has 18 heavy (non-hydrogen) atoms. The lowest BCUT2D eigenvalue weighted by atomic mass is 10.2. The lowest BCUT2D eigenvalue weighted by Gasteiger charge is -2.12. The van der Waals surface area contributed by atoms with Crippen LogP contribution in [-0.2, 0) is 0 Å². The molecule has 0 bridgehead atoms. The molecule has 5 heteroatoms. The third kappa shape index (κ3) is 2.86. The van der Waals surface area contributed by atoms with E-state index in [0.29, 0.717) is 21.7 Å². The predicted molar refractivity (Wildman–Crippen MR) is 69.0 cm³/mol. The lowest BCUT2D eigenvalue weighted by molar-refractivity contribution is 0.194. The van der Waals surface area contributed by atoms with Crippen molar-refractivity contribution in [3.8, 4) is 11.6 Å². The van der Waals surface area contributed by atoms with Gasteiger partial charge in [0.05, 0.1) is 10.6 Å². The van der Waals surface area contributed by atoms with Crippen molar-refractivity contribution in [2.24, 2.45) is 0 Å². The largest absolute Gasteiger partial charge is 0.437 e. The number of aliphatic hydroxyl groups is 1. The molecule has 2 aromatic rings. The summed E-state index contributed by atoms with van der Waals surface area (Å²) in [4.78, 5) is 4.06. The predicted octanol–water partition coefficient (Wildman–Crippen LogP) is 3.83. The zero-order chi connectivity index (χ0) is 13.1. The Kier molecular flexibility index (Phi) is 3.93. The Morgan fingerprint density at radius 1 is 1.39 bits per heavy atom. The Hall–Kier alpha value is -1.46. The highest BCUT2D eigenvalue weighted by atomic mass is 79.9. The van der Waals surface area contributed by atoms with Gasteiger partial charge in [0.15, 0.2) is 0 Å². The van der Waals surface area contributed by atoms with Crippen molar-refractivity contribution < 1.29 is 14.2 Å². The molecule has 1 heterocycles. The van der Waals surface area contributed by atoms with Gasteiger partial charge in [-0.25, -0.2) is 9.37 Å². The lowest BCUT2D eigenvalue weighted by Crippen LogP contribution is -1.98. The summed E-state index contributed by atoms with van der Waals surface area (Å²) >= 11 is 3.21. The molecule has 0 aliphatic rings. The maximum absolute atomic E-state index is 13.0. The smallest absolute Gasteiger partial charge is 0.225 e. The van der Waals surface area contributed by atoms with Gasteiger partial charge in [0, 0.05) is 11.8 Å². The average molecular weight is 312 g/mol. The first kappa shape index (κ1) is 13.0. The van der Waals surface area contributed by atoms with Gasteiger partial charge < -0.3 is 9.84 Å². The minimum atomic E-state index is -0.687. The standard InChI is InChI=1S/C13H11BrFNO2/c1-8(17)10-3-2-6-16-13(10)18-12-5-4-9(15)7-11(12)14/h2-8,17H,1H3. The number of pyridine rings is 1. The fraction of sp³-hybridized carbons (Fsp3) is 0.154. The highest BCUT2D eigenvalue weighted by Crippen LogP contribution is 2.32. The van der Waals surface area contributed by atoms with Crippen LogP contribution in [0.2, 0.25) is 0 Å². The molecule has 1 aromatic carbocycles. The van der Waals surface area contributed by atoms with Crippen LogP contribution >= 0.6 is 15.9 Å². The van der Waals surface area contributed by atoms with E-state index >= 15 is 0 Å². The van der Waals surface area contributed by atoms with Crippen LogP contribution in [0.1, 0.15) is 18.6 Å². The Balaban J connectivity index is 2.34. The molecular formula is C13H11BrFNO2. The summed E-state index contributed by atoms with van der Waals surface area (Å²) < 4.78 is 19.0. The molecule has 0 aliphatic carbocycles. The number of benzene rings is 1. The Bertz CT molecular complexity index is 560. The first-order chi connectivity index (χ1) is 8.58. The van der Waals surface area contributed by atoms with E-state index in [4.69, 9.17) is 4.74 Å². The summed E-state index contributed by atoms with van der Waals surface area (Å²) in [6.45, 7) is 1.63. The first-order valence-corrected chi connectivity index (χ1v) is 6.13. The van der Waals surface area contributed by atoms with Crippen molar-refractivity contribution in [2.45, 2.75) is 13.0 Å². The number of halogens is 2. The van der Waals surface area contributed by atoms with E-state index in [1.807, 2.05) is 0 Å². The van der Waals surface area contributed by atoms with Crippen molar-refractivity contribution >= 4 is 15.9 Å². The van der Waals surface area contributed by atoms with Crippen molar-refractivity contribution in [1.29, 1.82) is 0 Å². The highest BCUT2D eigenvalue weighted by Gasteiger charge is 2.12. The van der Waals surface area contributed by atoms with E-state index < -0.39 is 6.10 Å². The van der Waals surface area contributed by atoms with Crippen molar-refractivity contribution in [1.82, 2.24) is 4.98 Å². The van der Waals surface area contributed by atoms with Crippen LogP contribution in [0, 0.1) is 5.82 Å². The quantitative estimate of drug-likeness (QED) is 0.936. The molecule has 1 atom stereocenters. The van der Waals surface area contributed by atoms with Gasteiger partial charge in [-0.3, -0.25) is 0 Å². The van der Waals surface area contributed by atoms with Crippen LogP contribution in [0.25, 0.3) is 0 Å². The number of nitrogens with zero attached hydrogens (tertiary/aromatic N) is 1. The molecule has 0 saturated carbocycles. The molecule has 0 spiro atoms. The summed E-state index contributed by atoms with van der Waals surface area (Å²) in [6, 6.07) is 7.55. The minimum Gasteiger partial charge on any atom is -0.437 e. The van der Waals surface area contributed by atoms with Crippen molar-refractivity contribution in [3.63, 3.8) is 0 Å². The van der Waals surface area contributed by atoms with Gasteiger partial charge in [0.25, 0.3) is 0 Å². The molecule has 2 rings (SSSR count). The number of aromatic nitrogens is 1.